The lowest BCUT2D eigenvalue weighted by Gasteiger charge is -2.36. The maximum Gasteiger partial charge on any atom is 0.236 e. The molecular weight excluding hydrogens is 502 g/mol. The average molecular weight is 524 g/mol. The molecule has 8 heteroatoms. The SMILES string of the molecule is O=S(=O)(c1ccc(Br)cc1)c1nc(-c2ccccc2)oc1N1CCN(c2ccccc2)CC1. The van der Waals surface area contributed by atoms with Crippen LogP contribution in [0, 0.1) is 0 Å². The van der Waals surface area contributed by atoms with E-state index in [0.717, 1.165) is 28.8 Å². The summed E-state index contributed by atoms with van der Waals surface area (Å²) in [6.07, 6.45) is 0. The Hall–Kier alpha value is -3.10. The van der Waals surface area contributed by atoms with Gasteiger partial charge in [0.05, 0.1) is 4.90 Å². The predicted molar refractivity (Wildman–Crippen MR) is 132 cm³/mol. The van der Waals surface area contributed by atoms with E-state index in [2.05, 4.69) is 37.9 Å². The molecule has 1 aromatic heterocycles. The van der Waals surface area contributed by atoms with Crippen molar-refractivity contribution in [2.24, 2.45) is 0 Å². The number of sulfone groups is 1. The number of anilines is 2. The van der Waals surface area contributed by atoms with E-state index in [0.29, 0.717) is 24.9 Å². The first-order valence-corrected chi connectivity index (χ1v) is 12.9. The smallest absolute Gasteiger partial charge is 0.236 e. The van der Waals surface area contributed by atoms with E-state index in [9.17, 15) is 8.42 Å². The van der Waals surface area contributed by atoms with Crippen LogP contribution in [0.4, 0.5) is 11.6 Å². The van der Waals surface area contributed by atoms with Crippen molar-refractivity contribution in [3.63, 3.8) is 0 Å². The van der Waals surface area contributed by atoms with Crippen LogP contribution in [0.3, 0.4) is 0 Å². The highest BCUT2D eigenvalue weighted by molar-refractivity contribution is 9.10. The molecule has 0 amide bonds. The number of piperazine rings is 1. The van der Waals surface area contributed by atoms with Gasteiger partial charge in [0.1, 0.15) is 0 Å². The summed E-state index contributed by atoms with van der Waals surface area (Å²) in [6.45, 7) is 2.76. The molecule has 0 N–H and O–H groups in total. The van der Waals surface area contributed by atoms with Crippen LogP contribution < -0.4 is 9.80 Å². The third kappa shape index (κ3) is 4.41. The Bertz CT molecular complexity index is 1330. The monoisotopic (exact) mass is 523 g/mol. The van der Waals surface area contributed by atoms with Gasteiger partial charge in [-0.05, 0) is 48.5 Å². The molecular formula is C25H22BrN3O3S. The highest BCUT2D eigenvalue weighted by Gasteiger charge is 2.32. The summed E-state index contributed by atoms with van der Waals surface area (Å²) in [5.74, 6) is 0.594. The first-order chi connectivity index (χ1) is 16.0. The molecule has 5 rings (SSSR count). The Morgan fingerprint density at radius 2 is 1.33 bits per heavy atom. The van der Waals surface area contributed by atoms with Crippen molar-refractivity contribution in [3.8, 4) is 11.5 Å². The summed E-state index contributed by atoms with van der Waals surface area (Å²) in [4.78, 5) is 8.93. The zero-order chi connectivity index (χ0) is 22.8. The molecule has 1 saturated heterocycles. The second-order valence-electron chi connectivity index (χ2n) is 7.76. The van der Waals surface area contributed by atoms with Gasteiger partial charge in [-0.1, -0.05) is 52.3 Å². The van der Waals surface area contributed by atoms with Crippen LogP contribution in [0.5, 0.6) is 0 Å². The second kappa shape index (κ2) is 9.03. The van der Waals surface area contributed by atoms with E-state index < -0.39 is 9.84 Å². The highest BCUT2D eigenvalue weighted by Crippen LogP contribution is 2.35. The Morgan fingerprint density at radius 3 is 1.97 bits per heavy atom. The van der Waals surface area contributed by atoms with Gasteiger partial charge >= 0.3 is 0 Å². The van der Waals surface area contributed by atoms with E-state index in [1.54, 1.807) is 24.3 Å². The molecule has 1 aliphatic rings. The summed E-state index contributed by atoms with van der Waals surface area (Å²) in [6, 6.07) is 26.2. The molecule has 0 radical (unpaired) electrons. The summed E-state index contributed by atoms with van der Waals surface area (Å²) in [7, 11) is -3.87. The molecule has 33 heavy (non-hydrogen) atoms. The number of hydrogen-bond donors (Lipinski definition) is 0. The minimum atomic E-state index is -3.87. The van der Waals surface area contributed by atoms with Crippen molar-refractivity contribution in [1.82, 2.24) is 4.98 Å². The maximum absolute atomic E-state index is 13.6. The molecule has 0 unspecified atom stereocenters. The van der Waals surface area contributed by atoms with Crippen molar-refractivity contribution in [1.29, 1.82) is 0 Å². The molecule has 0 atom stereocenters. The second-order valence-corrected chi connectivity index (χ2v) is 10.5. The molecule has 0 spiro atoms. The van der Waals surface area contributed by atoms with E-state index in [4.69, 9.17) is 4.42 Å². The fraction of sp³-hybridized carbons (Fsp3) is 0.160. The van der Waals surface area contributed by atoms with Crippen molar-refractivity contribution in [2.45, 2.75) is 9.92 Å². The van der Waals surface area contributed by atoms with E-state index in [1.165, 1.54) is 0 Å². The zero-order valence-corrected chi connectivity index (χ0v) is 20.2. The van der Waals surface area contributed by atoms with Crippen LogP contribution in [0.1, 0.15) is 0 Å². The Labute approximate surface area is 201 Å². The van der Waals surface area contributed by atoms with Gasteiger partial charge in [0.15, 0.2) is 0 Å². The Morgan fingerprint density at radius 1 is 0.758 bits per heavy atom. The lowest BCUT2D eigenvalue weighted by atomic mass is 10.2. The van der Waals surface area contributed by atoms with E-state index >= 15 is 0 Å². The molecule has 3 aromatic carbocycles. The quantitative estimate of drug-likeness (QED) is 0.355. The largest absolute Gasteiger partial charge is 0.419 e. The standard InChI is InChI=1S/C25H22BrN3O3S/c26-20-11-13-22(14-12-20)33(30,31)24-25(32-23(27-24)19-7-3-1-4-8-19)29-17-15-28(16-18-29)21-9-5-2-6-10-21/h1-14H,15-18H2. The van der Waals surface area contributed by atoms with Gasteiger partial charge in [-0.15, -0.1) is 0 Å². The van der Waals surface area contributed by atoms with Gasteiger partial charge in [-0.2, -0.15) is 4.98 Å². The van der Waals surface area contributed by atoms with Gasteiger partial charge in [-0.3, -0.25) is 0 Å². The number of oxazole rings is 1. The fourth-order valence-electron chi connectivity index (χ4n) is 3.91. The number of benzene rings is 3. The van der Waals surface area contributed by atoms with Crippen LogP contribution in [0.15, 0.2) is 104 Å². The number of rotatable bonds is 5. The number of aromatic nitrogens is 1. The summed E-state index contributed by atoms with van der Waals surface area (Å²) >= 11 is 3.36. The highest BCUT2D eigenvalue weighted by atomic mass is 79.9. The van der Waals surface area contributed by atoms with E-state index in [1.807, 2.05) is 53.4 Å². The van der Waals surface area contributed by atoms with Crippen LogP contribution in [0.2, 0.25) is 0 Å². The van der Waals surface area contributed by atoms with Crippen LogP contribution in [-0.2, 0) is 9.84 Å². The van der Waals surface area contributed by atoms with Crippen molar-refractivity contribution >= 4 is 37.3 Å². The topological polar surface area (TPSA) is 66.7 Å². The molecule has 2 heterocycles. The Balaban J connectivity index is 1.51. The number of nitrogens with zero attached hydrogens (tertiary/aromatic N) is 3. The molecule has 168 valence electrons. The Kier molecular flexibility index (Phi) is 5.95. The molecule has 0 bridgehead atoms. The lowest BCUT2D eigenvalue weighted by molar-refractivity contribution is 0.525. The first kappa shape index (κ1) is 21.7. The first-order valence-electron chi connectivity index (χ1n) is 10.6. The molecule has 0 saturated carbocycles. The van der Waals surface area contributed by atoms with Crippen LogP contribution in [0.25, 0.3) is 11.5 Å². The van der Waals surface area contributed by atoms with Gasteiger partial charge in [-0.25, -0.2) is 8.42 Å². The van der Waals surface area contributed by atoms with Gasteiger partial charge in [0.25, 0.3) is 0 Å². The fourth-order valence-corrected chi connectivity index (χ4v) is 5.49. The zero-order valence-electron chi connectivity index (χ0n) is 17.8. The normalized spacial score (nSPS) is 14.5. The van der Waals surface area contributed by atoms with Gasteiger partial charge < -0.3 is 14.2 Å². The van der Waals surface area contributed by atoms with Crippen molar-refractivity contribution in [2.75, 3.05) is 36.0 Å². The van der Waals surface area contributed by atoms with E-state index in [-0.39, 0.29) is 9.92 Å². The number of halogens is 1. The lowest BCUT2D eigenvalue weighted by Crippen LogP contribution is -2.46. The third-order valence-corrected chi connectivity index (χ3v) is 7.86. The van der Waals surface area contributed by atoms with Crippen LogP contribution in [-0.4, -0.2) is 39.6 Å². The minimum Gasteiger partial charge on any atom is -0.419 e. The number of hydrogen-bond acceptors (Lipinski definition) is 6. The summed E-state index contributed by atoms with van der Waals surface area (Å²) < 4.78 is 34.1. The van der Waals surface area contributed by atoms with Crippen molar-refractivity contribution in [3.05, 3.63) is 89.4 Å². The summed E-state index contributed by atoms with van der Waals surface area (Å²) in [5, 5.41) is -0.0446. The van der Waals surface area contributed by atoms with Crippen molar-refractivity contribution < 1.29 is 12.8 Å². The van der Waals surface area contributed by atoms with Crippen LogP contribution >= 0.6 is 15.9 Å². The molecule has 1 fully saturated rings. The molecule has 0 aliphatic carbocycles. The molecule has 6 nitrogen and oxygen atoms in total. The molecule has 4 aromatic rings. The summed E-state index contributed by atoms with van der Waals surface area (Å²) in [5.41, 5.74) is 1.89. The van der Waals surface area contributed by atoms with Gasteiger partial charge in [0.2, 0.25) is 26.6 Å². The maximum atomic E-state index is 13.6. The molecule has 1 aliphatic heterocycles. The minimum absolute atomic E-state index is 0.0446. The average Bonchev–Trinajstić information content (AvgIpc) is 3.32. The predicted octanol–water partition coefficient (Wildman–Crippen LogP) is 5.26. The van der Waals surface area contributed by atoms with Gasteiger partial charge in [0, 0.05) is 41.9 Å². The third-order valence-electron chi connectivity index (χ3n) is 5.67. The number of para-hydroxylation sites is 1.